The fourth-order valence-electron chi connectivity index (χ4n) is 1.29. The van der Waals surface area contributed by atoms with Gasteiger partial charge >= 0.3 is 0 Å². The number of aryl methyl sites for hydroxylation is 1. The van der Waals surface area contributed by atoms with E-state index < -0.39 is 0 Å². The maximum Gasteiger partial charge on any atom is 0.0984 e. The Kier molecular flexibility index (Phi) is 3.69. The van der Waals surface area contributed by atoms with Gasteiger partial charge in [-0.3, -0.25) is 4.99 Å². The molecule has 0 radical (unpaired) electrons. The van der Waals surface area contributed by atoms with Gasteiger partial charge in [0.2, 0.25) is 0 Å². The summed E-state index contributed by atoms with van der Waals surface area (Å²) in [5.74, 6) is 0.712. The summed E-state index contributed by atoms with van der Waals surface area (Å²) in [6, 6.07) is 8.66. The maximum atomic E-state index is 5.79. The lowest BCUT2D eigenvalue weighted by Gasteiger charge is -2.03. The Labute approximate surface area is 85.9 Å². The first-order valence-corrected chi connectivity index (χ1v) is 4.95. The smallest absolute Gasteiger partial charge is 0.0984 e. The van der Waals surface area contributed by atoms with Crippen LogP contribution in [0.15, 0.2) is 29.3 Å². The Hall–Kier alpha value is -1.31. The fourth-order valence-corrected chi connectivity index (χ4v) is 1.29. The number of hydrogen-bond acceptors (Lipinski definition) is 1. The quantitative estimate of drug-likeness (QED) is 0.576. The fraction of sp³-hybridized carbons (Fsp3) is 0.417. The molecule has 0 saturated heterocycles. The molecule has 0 aliphatic heterocycles. The molecule has 0 spiro atoms. The average molecular weight is 190 g/mol. The summed E-state index contributed by atoms with van der Waals surface area (Å²) in [6.07, 6.45) is 0.748. The molecule has 0 unspecified atom stereocenters. The summed E-state index contributed by atoms with van der Waals surface area (Å²) in [4.78, 5) is 4.29. The van der Waals surface area contributed by atoms with Gasteiger partial charge in [-0.1, -0.05) is 29.8 Å². The normalized spacial score (nSPS) is 12.1. The van der Waals surface area contributed by atoms with Crippen LogP contribution in [0, 0.1) is 6.92 Å². The van der Waals surface area contributed by atoms with E-state index in [2.05, 4.69) is 36.2 Å². The monoisotopic (exact) mass is 190 g/mol. The molecule has 0 aliphatic carbocycles. The molecule has 0 aliphatic rings. The zero-order valence-electron chi connectivity index (χ0n) is 9.12. The zero-order chi connectivity index (χ0) is 10.6. The minimum Gasteiger partial charge on any atom is -0.387 e. The molecule has 0 heterocycles. The summed E-state index contributed by atoms with van der Waals surface area (Å²) in [6.45, 7) is 6.14. The third-order valence-corrected chi connectivity index (χ3v) is 1.93. The van der Waals surface area contributed by atoms with Crippen LogP contribution in [0.2, 0.25) is 0 Å². The van der Waals surface area contributed by atoms with Crippen molar-refractivity contribution in [3.05, 3.63) is 35.4 Å². The van der Waals surface area contributed by atoms with E-state index in [1.807, 2.05) is 13.8 Å². The highest BCUT2D eigenvalue weighted by atomic mass is 14.9. The Balaban J connectivity index is 2.65. The van der Waals surface area contributed by atoms with Crippen molar-refractivity contribution in [1.29, 1.82) is 0 Å². The molecule has 1 rings (SSSR count). The molecule has 0 atom stereocenters. The van der Waals surface area contributed by atoms with Crippen molar-refractivity contribution >= 4 is 5.84 Å². The van der Waals surface area contributed by atoms with Crippen molar-refractivity contribution in [3.8, 4) is 0 Å². The molecule has 14 heavy (non-hydrogen) atoms. The standard InChI is InChI=1S/C12H18N2/c1-9(2)14-12(13)8-11-6-4-10(3)5-7-11/h4-7,9H,8H2,1-3H3,(H2,13,14). The topological polar surface area (TPSA) is 38.4 Å². The van der Waals surface area contributed by atoms with Crippen LogP contribution in [0.5, 0.6) is 0 Å². The van der Waals surface area contributed by atoms with Gasteiger partial charge in [-0.15, -0.1) is 0 Å². The van der Waals surface area contributed by atoms with Gasteiger partial charge in [-0.05, 0) is 26.3 Å². The molecule has 0 fully saturated rings. The molecule has 2 nitrogen and oxygen atoms in total. The van der Waals surface area contributed by atoms with E-state index in [1.54, 1.807) is 0 Å². The number of hydrogen-bond donors (Lipinski definition) is 1. The molecule has 2 heteroatoms. The Morgan fingerprint density at radius 1 is 1.29 bits per heavy atom. The molecule has 1 aromatic carbocycles. The van der Waals surface area contributed by atoms with Crippen LogP contribution in [0.4, 0.5) is 0 Å². The molecular formula is C12H18N2. The van der Waals surface area contributed by atoms with E-state index in [0.717, 1.165) is 6.42 Å². The SMILES string of the molecule is Cc1ccc(CC(N)=NC(C)C)cc1. The van der Waals surface area contributed by atoms with Crippen molar-refractivity contribution in [3.63, 3.8) is 0 Å². The van der Waals surface area contributed by atoms with Gasteiger partial charge in [0.15, 0.2) is 0 Å². The second-order valence-corrected chi connectivity index (χ2v) is 3.88. The first-order chi connectivity index (χ1) is 6.58. The number of amidine groups is 1. The van der Waals surface area contributed by atoms with Gasteiger partial charge in [-0.2, -0.15) is 0 Å². The number of nitrogens with zero attached hydrogens (tertiary/aromatic N) is 1. The van der Waals surface area contributed by atoms with Gasteiger partial charge in [-0.25, -0.2) is 0 Å². The highest BCUT2D eigenvalue weighted by Crippen LogP contribution is 2.04. The third kappa shape index (κ3) is 3.60. The Morgan fingerprint density at radius 3 is 2.36 bits per heavy atom. The van der Waals surface area contributed by atoms with Gasteiger partial charge in [0.25, 0.3) is 0 Å². The summed E-state index contributed by atoms with van der Waals surface area (Å²) >= 11 is 0. The predicted octanol–water partition coefficient (Wildman–Crippen LogP) is 2.30. The molecular weight excluding hydrogens is 172 g/mol. The highest BCUT2D eigenvalue weighted by Gasteiger charge is 1.97. The van der Waals surface area contributed by atoms with Crippen LogP contribution in [0.1, 0.15) is 25.0 Å². The van der Waals surface area contributed by atoms with Crippen molar-refractivity contribution < 1.29 is 0 Å². The van der Waals surface area contributed by atoms with Crippen LogP contribution >= 0.6 is 0 Å². The lowest BCUT2D eigenvalue weighted by Crippen LogP contribution is -2.17. The first kappa shape index (κ1) is 10.8. The van der Waals surface area contributed by atoms with Gasteiger partial charge in [0, 0.05) is 12.5 Å². The van der Waals surface area contributed by atoms with E-state index >= 15 is 0 Å². The summed E-state index contributed by atoms with van der Waals surface area (Å²) < 4.78 is 0. The largest absolute Gasteiger partial charge is 0.387 e. The molecule has 1 aromatic rings. The van der Waals surface area contributed by atoms with Gasteiger partial charge in [0.05, 0.1) is 5.84 Å². The maximum absolute atomic E-state index is 5.79. The van der Waals surface area contributed by atoms with E-state index in [9.17, 15) is 0 Å². The van der Waals surface area contributed by atoms with Crippen molar-refractivity contribution in [2.75, 3.05) is 0 Å². The summed E-state index contributed by atoms with van der Waals surface area (Å²) in [7, 11) is 0. The van der Waals surface area contributed by atoms with E-state index in [-0.39, 0.29) is 6.04 Å². The van der Waals surface area contributed by atoms with Crippen molar-refractivity contribution in [1.82, 2.24) is 0 Å². The lowest BCUT2D eigenvalue weighted by atomic mass is 10.1. The number of rotatable bonds is 3. The third-order valence-electron chi connectivity index (χ3n) is 1.93. The Bertz CT molecular complexity index is 310. The van der Waals surface area contributed by atoms with Crippen LogP contribution < -0.4 is 5.73 Å². The minimum absolute atomic E-state index is 0.278. The average Bonchev–Trinajstić information content (AvgIpc) is 2.07. The first-order valence-electron chi connectivity index (χ1n) is 4.95. The molecule has 76 valence electrons. The van der Waals surface area contributed by atoms with Crippen LogP contribution in [0.3, 0.4) is 0 Å². The molecule has 2 N–H and O–H groups in total. The van der Waals surface area contributed by atoms with Crippen LogP contribution in [0.25, 0.3) is 0 Å². The van der Waals surface area contributed by atoms with Crippen molar-refractivity contribution in [2.45, 2.75) is 33.2 Å². The number of nitrogens with two attached hydrogens (primary N) is 1. The molecule has 0 amide bonds. The van der Waals surface area contributed by atoms with E-state index in [0.29, 0.717) is 5.84 Å². The molecule has 0 aromatic heterocycles. The molecule has 0 saturated carbocycles. The van der Waals surface area contributed by atoms with Gasteiger partial charge in [0.1, 0.15) is 0 Å². The van der Waals surface area contributed by atoms with Crippen LogP contribution in [-0.2, 0) is 6.42 Å². The van der Waals surface area contributed by atoms with Crippen molar-refractivity contribution in [2.24, 2.45) is 10.7 Å². The lowest BCUT2D eigenvalue weighted by molar-refractivity contribution is 0.829. The number of aliphatic imine (C=N–C) groups is 1. The van der Waals surface area contributed by atoms with Gasteiger partial charge < -0.3 is 5.73 Å². The Morgan fingerprint density at radius 2 is 1.86 bits per heavy atom. The van der Waals surface area contributed by atoms with Crippen LogP contribution in [-0.4, -0.2) is 11.9 Å². The van der Waals surface area contributed by atoms with E-state index in [1.165, 1.54) is 11.1 Å². The highest BCUT2D eigenvalue weighted by molar-refractivity contribution is 5.82. The second-order valence-electron chi connectivity index (χ2n) is 3.88. The minimum atomic E-state index is 0.278. The predicted molar refractivity (Wildman–Crippen MR) is 61.6 cm³/mol. The number of benzene rings is 1. The summed E-state index contributed by atoms with van der Waals surface area (Å²) in [5, 5.41) is 0. The second kappa shape index (κ2) is 4.80. The van der Waals surface area contributed by atoms with E-state index in [4.69, 9.17) is 5.73 Å². The zero-order valence-corrected chi connectivity index (χ0v) is 9.12. The summed E-state index contributed by atoms with van der Waals surface area (Å²) in [5.41, 5.74) is 8.29. The molecule has 0 bridgehead atoms.